The summed E-state index contributed by atoms with van der Waals surface area (Å²) in [5.41, 5.74) is 0. The molecule has 5 heteroatoms. The molecule has 82 valence electrons. The van der Waals surface area contributed by atoms with Gasteiger partial charge >= 0.3 is 5.97 Å². The lowest BCUT2D eigenvalue weighted by Crippen LogP contribution is -2.49. The molecule has 0 aromatic carbocycles. The predicted molar refractivity (Wildman–Crippen MR) is 51.6 cm³/mol. The van der Waals surface area contributed by atoms with Crippen LogP contribution >= 0.6 is 0 Å². The molecule has 1 fully saturated rings. The molecule has 0 saturated heterocycles. The van der Waals surface area contributed by atoms with Gasteiger partial charge < -0.3 is 4.74 Å². The van der Waals surface area contributed by atoms with Crippen molar-refractivity contribution in [3.05, 3.63) is 22.3 Å². The minimum Gasteiger partial charge on any atom is -0.469 e. The van der Waals surface area contributed by atoms with Crippen molar-refractivity contribution in [1.82, 2.24) is 0 Å². The number of methoxy groups -OCH3 is 1. The van der Waals surface area contributed by atoms with Crippen LogP contribution in [0.15, 0.2) is 12.2 Å². The molecule has 2 bridgehead atoms. The average Bonchev–Trinajstić information content (AvgIpc) is 2.28. The Labute approximate surface area is 87.3 Å². The Balaban J connectivity index is 2.30. The molecule has 1 saturated carbocycles. The van der Waals surface area contributed by atoms with Crippen LogP contribution in [0.5, 0.6) is 0 Å². The Morgan fingerprint density at radius 2 is 2.00 bits per heavy atom. The van der Waals surface area contributed by atoms with Gasteiger partial charge in [0.2, 0.25) is 6.04 Å². The van der Waals surface area contributed by atoms with Crippen LogP contribution in [0.1, 0.15) is 12.8 Å². The second-order valence-electron chi connectivity index (χ2n) is 4.11. The van der Waals surface area contributed by atoms with Crippen LogP contribution in [0.4, 0.5) is 0 Å². The first-order valence-corrected chi connectivity index (χ1v) is 5.05. The van der Waals surface area contributed by atoms with Crippen molar-refractivity contribution < 1.29 is 14.5 Å². The maximum atomic E-state index is 11.5. The van der Waals surface area contributed by atoms with E-state index >= 15 is 0 Å². The number of hydrogen-bond acceptors (Lipinski definition) is 4. The largest absolute Gasteiger partial charge is 0.469 e. The molecule has 0 radical (unpaired) electrons. The molecule has 0 unspecified atom stereocenters. The van der Waals surface area contributed by atoms with Gasteiger partial charge in [-0.1, -0.05) is 12.2 Å². The van der Waals surface area contributed by atoms with Crippen LogP contribution in [0.25, 0.3) is 0 Å². The van der Waals surface area contributed by atoms with E-state index in [-0.39, 0.29) is 16.8 Å². The molecule has 0 aliphatic heterocycles. The number of carbonyl (C=O) groups is 1. The Morgan fingerprint density at radius 3 is 2.47 bits per heavy atom. The normalized spacial score (nSPS) is 37.7. The number of hydrogen-bond donors (Lipinski definition) is 0. The molecular formula is C10H13NO4. The summed E-state index contributed by atoms with van der Waals surface area (Å²) in [6.45, 7) is 0. The van der Waals surface area contributed by atoms with Crippen molar-refractivity contribution in [2.75, 3.05) is 7.11 Å². The number of allylic oxidation sites excluding steroid dienone is 1. The molecule has 3 aliphatic rings. The molecule has 4 atom stereocenters. The van der Waals surface area contributed by atoms with E-state index in [0.29, 0.717) is 0 Å². The fourth-order valence-corrected chi connectivity index (χ4v) is 2.70. The fraction of sp³-hybridized carbons (Fsp3) is 0.700. The number of ether oxygens (including phenoxy) is 1. The van der Waals surface area contributed by atoms with Crippen LogP contribution in [-0.4, -0.2) is 24.0 Å². The summed E-state index contributed by atoms with van der Waals surface area (Å²) in [5, 5.41) is 10.9. The maximum absolute atomic E-state index is 11.5. The van der Waals surface area contributed by atoms with Crippen LogP contribution < -0.4 is 0 Å². The van der Waals surface area contributed by atoms with Gasteiger partial charge in [-0.2, -0.15) is 0 Å². The molecule has 3 rings (SSSR count). The number of nitro groups is 1. The van der Waals surface area contributed by atoms with E-state index in [1.165, 1.54) is 7.11 Å². The number of rotatable bonds is 2. The minimum absolute atomic E-state index is 0.0159. The number of esters is 1. The van der Waals surface area contributed by atoms with E-state index in [4.69, 9.17) is 0 Å². The number of carbonyl (C=O) groups excluding carboxylic acids is 1. The smallest absolute Gasteiger partial charge is 0.316 e. The summed E-state index contributed by atoms with van der Waals surface area (Å²) >= 11 is 0. The Kier molecular flexibility index (Phi) is 2.46. The highest BCUT2D eigenvalue weighted by atomic mass is 16.6. The topological polar surface area (TPSA) is 69.4 Å². The average molecular weight is 211 g/mol. The minimum atomic E-state index is -0.791. The summed E-state index contributed by atoms with van der Waals surface area (Å²) in [5.74, 6) is -1.16. The Bertz CT molecular complexity index is 325. The molecule has 0 spiro atoms. The molecule has 5 nitrogen and oxygen atoms in total. The zero-order chi connectivity index (χ0) is 11.0. The second-order valence-corrected chi connectivity index (χ2v) is 4.11. The number of fused-ring (bicyclic) bond motifs is 2. The summed E-state index contributed by atoms with van der Waals surface area (Å²) in [4.78, 5) is 22.1. The molecule has 0 heterocycles. The van der Waals surface area contributed by atoms with Gasteiger partial charge in [-0.15, -0.1) is 0 Å². The van der Waals surface area contributed by atoms with Crippen LogP contribution in [0.3, 0.4) is 0 Å². The van der Waals surface area contributed by atoms with Gasteiger partial charge in [0.1, 0.15) is 5.92 Å². The first kappa shape index (κ1) is 10.1. The van der Waals surface area contributed by atoms with Crippen LogP contribution in [-0.2, 0) is 9.53 Å². The lowest BCUT2D eigenvalue weighted by Gasteiger charge is -2.38. The van der Waals surface area contributed by atoms with E-state index in [1.54, 1.807) is 0 Å². The van der Waals surface area contributed by atoms with Crippen molar-refractivity contribution in [2.45, 2.75) is 18.9 Å². The van der Waals surface area contributed by atoms with Gasteiger partial charge in [-0.05, 0) is 18.8 Å². The summed E-state index contributed by atoms with van der Waals surface area (Å²) in [7, 11) is 1.28. The molecule has 3 aliphatic carbocycles. The van der Waals surface area contributed by atoms with Gasteiger partial charge in [0.05, 0.1) is 7.11 Å². The maximum Gasteiger partial charge on any atom is 0.316 e. The van der Waals surface area contributed by atoms with Crippen molar-refractivity contribution >= 4 is 5.97 Å². The van der Waals surface area contributed by atoms with Crippen LogP contribution in [0.2, 0.25) is 0 Å². The second kappa shape index (κ2) is 3.64. The van der Waals surface area contributed by atoms with Gasteiger partial charge in [0, 0.05) is 10.8 Å². The van der Waals surface area contributed by atoms with E-state index < -0.39 is 17.9 Å². The van der Waals surface area contributed by atoms with Gasteiger partial charge in [0.25, 0.3) is 0 Å². The SMILES string of the molecule is COC(=O)[C@H]1[C@H]([N+](=O)[O-])[C@H]2C=C[C@H]1CC2. The third-order valence-electron chi connectivity index (χ3n) is 3.42. The Hall–Kier alpha value is -1.39. The first-order valence-electron chi connectivity index (χ1n) is 5.05. The molecular weight excluding hydrogens is 198 g/mol. The standard InChI is InChI=1S/C10H13NO4/c1-15-10(12)8-6-2-4-7(5-3-6)9(8)11(13)14/h2,4,6-9H,3,5H2,1H3/t6-,7-,8+,9+/m0/s1. The fourth-order valence-electron chi connectivity index (χ4n) is 2.70. The van der Waals surface area contributed by atoms with Crippen LogP contribution in [0, 0.1) is 27.9 Å². The highest BCUT2D eigenvalue weighted by Crippen LogP contribution is 2.42. The summed E-state index contributed by atoms with van der Waals surface area (Å²) < 4.78 is 4.65. The predicted octanol–water partition coefficient (Wildman–Crippen LogP) is 1.02. The van der Waals surface area contributed by atoms with Crippen molar-refractivity contribution in [2.24, 2.45) is 17.8 Å². The monoisotopic (exact) mass is 211 g/mol. The van der Waals surface area contributed by atoms with E-state index in [0.717, 1.165) is 12.8 Å². The van der Waals surface area contributed by atoms with Crippen molar-refractivity contribution in [3.63, 3.8) is 0 Å². The summed E-state index contributed by atoms with van der Waals surface area (Å²) in [6.07, 6.45) is 5.46. The van der Waals surface area contributed by atoms with Crippen molar-refractivity contribution in [1.29, 1.82) is 0 Å². The molecule has 15 heavy (non-hydrogen) atoms. The van der Waals surface area contributed by atoms with Gasteiger partial charge in [-0.25, -0.2) is 0 Å². The van der Waals surface area contributed by atoms with E-state index in [9.17, 15) is 14.9 Å². The quantitative estimate of drug-likeness (QED) is 0.296. The lowest BCUT2D eigenvalue weighted by atomic mass is 9.66. The van der Waals surface area contributed by atoms with E-state index in [1.807, 2.05) is 12.2 Å². The summed E-state index contributed by atoms with van der Waals surface area (Å²) in [6, 6.07) is -0.791. The van der Waals surface area contributed by atoms with E-state index in [2.05, 4.69) is 4.74 Å². The third kappa shape index (κ3) is 1.52. The molecule has 0 amide bonds. The van der Waals surface area contributed by atoms with Gasteiger partial charge in [0.15, 0.2) is 0 Å². The zero-order valence-electron chi connectivity index (χ0n) is 8.46. The highest BCUT2D eigenvalue weighted by molar-refractivity contribution is 5.74. The zero-order valence-corrected chi connectivity index (χ0v) is 8.46. The molecule has 0 aromatic rings. The molecule has 0 N–H and O–H groups in total. The highest BCUT2D eigenvalue weighted by Gasteiger charge is 2.52. The first-order chi connectivity index (χ1) is 7.15. The Morgan fingerprint density at radius 1 is 1.40 bits per heavy atom. The van der Waals surface area contributed by atoms with Crippen molar-refractivity contribution in [3.8, 4) is 0 Å². The molecule has 0 aromatic heterocycles. The number of nitrogens with zero attached hydrogens (tertiary/aromatic N) is 1. The lowest BCUT2D eigenvalue weighted by molar-refractivity contribution is -0.542. The third-order valence-corrected chi connectivity index (χ3v) is 3.42. The van der Waals surface area contributed by atoms with Gasteiger partial charge in [-0.3, -0.25) is 14.9 Å².